The second-order valence-corrected chi connectivity index (χ2v) is 4.76. The van der Waals surface area contributed by atoms with E-state index in [1.807, 2.05) is 19.0 Å². The summed E-state index contributed by atoms with van der Waals surface area (Å²) in [6.45, 7) is 4.62. The van der Waals surface area contributed by atoms with Gasteiger partial charge in [0, 0.05) is 5.25 Å². The maximum atomic E-state index is 3.16. The van der Waals surface area contributed by atoms with Crippen LogP contribution in [0.5, 0.6) is 0 Å². The molecular weight excluding hydrogens is 166 g/mol. The molecule has 0 spiro atoms. The topological polar surface area (TPSA) is 12.0 Å². The molecule has 0 aromatic heterocycles. The summed E-state index contributed by atoms with van der Waals surface area (Å²) in [7, 11) is 2.00. The van der Waals surface area contributed by atoms with E-state index in [9.17, 15) is 0 Å². The Morgan fingerprint density at radius 3 is 2.83 bits per heavy atom. The second-order valence-electron chi connectivity index (χ2n) is 3.51. The van der Waals surface area contributed by atoms with Gasteiger partial charge in [0.25, 0.3) is 0 Å². The van der Waals surface area contributed by atoms with Crippen LogP contribution in [0.2, 0.25) is 0 Å². The Bertz CT molecular complexity index is 156. The monoisotopic (exact) mass is 185 g/mol. The zero-order valence-corrected chi connectivity index (χ0v) is 9.03. The van der Waals surface area contributed by atoms with E-state index in [1.54, 1.807) is 0 Å². The first-order valence-electron chi connectivity index (χ1n) is 4.78. The number of nitrogens with one attached hydrogen (secondary N) is 1. The van der Waals surface area contributed by atoms with Crippen molar-refractivity contribution in [3.63, 3.8) is 0 Å². The molecule has 1 nitrogen and oxygen atoms in total. The van der Waals surface area contributed by atoms with Gasteiger partial charge in [0.15, 0.2) is 0 Å². The second kappa shape index (κ2) is 4.93. The van der Waals surface area contributed by atoms with Gasteiger partial charge in [-0.1, -0.05) is 44.4 Å². The largest absolute Gasteiger partial charge is 0.267 e. The molecule has 1 rings (SSSR count). The summed E-state index contributed by atoms with van der Waals surface area (Å²) < 4.78 is 3.16. The van der Waals surface area contributed by atoms with E-state index in [4.69, 9.17) is 0 Å². The van der Waals surface area contributed by atoms with Crippen molar-refractivity contribution in [1.82, 2.24) is 4.72 Å². The van der Waals surface area contributed by atoms with Gasteiger partial charge in [0.2, 0.25) is 0 Å². The third kappa shape index (κ3) is 2.53. The average Bonchev–Trinajstić information content (AvgIpc) is 2.09. The highest BCUT2D eigenvalue weighted by Gasteiger charge is 2.21. The summed E-state index contributed by atoms with van der Waals surface area (Å²) in [5.74, 6) is 1.67. The Balaban J connectivity index is 2.46. The SMILES string of the molecule is CCC1CC(SNC)C=CC1C. The highest BCUT2D eigenvalue weighted by Crippen LogP contribution is 2.31. The van der Waals surface area contributed by atoms with E-state index < -0.39 is 0 Å². The van der Waals surface area contributed by atoms with Gasteiger partial charge in [-0.25, -0.2) is 0 Å². The maximum absolute atomic E-state index is 3.16. The molecule has 2 heteroatoms. The van der Waals surface area contributed by atoms with Gasteiger partial charge < -0.3 is 0 Å². The van der Waals surface area contributed by atoms with Crippen molar-refractivity contribution in [3.8, 4) is 0 Å². The van der Waals surface area contributed by atoms with Gasteiger partial charge in [-0.2, -0.15) is 0 Å². The van der Waals surface area contributed by atoms with Gasteiger partial charge in [0.1, 0.15) is 0 Å². The highest BCUT2D eigenvalue weighted by atomic mass is 32.2. The normalized spacial score (nSPS) is 35.4. The summed E-state index contributed by atoms with van der Waals surface area (Å²) in [6, 6.07) is 0. The lowest BCUT2D eigenvalue weighted by Crippen LogP contribution is -2.21. The highest BCUT2D eigenvalue weighted by molar-refractivity contribution is 7.98. The molecule has 0 saturated carbocycles. The van der Waals surface area contributed by atoms with Crippen LogP contribution >= 0.6 is 11.9 Å². The lowest BCUT2D eigenvalue weighted by molar-refractivity contribution is 0.371. The number of hydrogen-bond acceptors (Lipinski definition) is 2. The number of allylic oxidation sites excluding steroid dienone is 1. The average molecular weight is 185 g/mol. The fourth-order valence-corrected chi connectivity index (χ4v) is 2.64. The zero-order valence-electron chi connectivity index (χ0n) is 8.21. The smallest absolute Gasteiger partial charge is 0.0375 e. The van der Waals surface area contributed by atoms with Crippen molar-refractivity contribution in [2.24, 2.45) is 11.8 Å². The third-order valence-corrected chi connectivity index (χ3v) is 3.59. The summed E-state index contributed by atoms with van der Waals surface area (Å²) in [5, 5.41) is 0.691. The van der Waals surface area contributed by atoms with Gasteiger partial charge >= 0.3 is 0 Å². The van der Waals surface area contributed by atoms with E-state index in [0.717, 1.165) is 11.8 Å². The molecule has 0 saturated heterocycles. The van der Waals surface area contributed by atoms with Gasteiger partial charge in [-0.15, -0.1) is 0 Å². The first-order valence-corrected chi connectivity index (χ1v) is 5.66. The Kier molecular flexibility index (Phi) is 4.16. The summed E-state index contributed by atoms with van der Waals surface area (Å²) >= 11 is 1.84. The van der Waals surface area contributed by atoms with Crippen molar-refractivity contribution >= 4 is 11.9 Å². The van der Waals surface area contributed by atoms with Crippen LogP contribution in [0.15, 0.2) is 12.2 Å². The van der Waals surface area contributed by atoms with E-state index in [2.05, 4.69) is 30.7 Å². The van der Waals surface area contributed by atoms with Crippen molar-refractivity contribution < 1.29 is 0 Å². The van der Waals surface area contributed by atoms with E-state index >= 15 is 0 Å². The zero-order chi connectivity index (χ0) is 8.97. The van der Waals surface area contributed by atoms with Crippen molar-refractivity contribution in [1.29, 1.82) is 0 Å². The number of rotatable bonds is 3. The molecule has 0 aliphatic heterocycles. The quantitative estimate of drug-likeness (QED) is 0.536. The Morgan fingerprint density at radius 1 is 1.50 bits per heavy atom. The third-order valence-electron chi connectivity index (χ3n) is 2.70. The molecule has 0 heterocycles. The lowest BCUT2D eigenvalue weighted by atomic mass is 9.83. The predicted molar refractivity (Wildman–Crippen MR) is 57.1 cm³/mol. The molecule has 0 bridgehead atoms. The molecule has 12 heavy (non-hydrogen) atoms. The van der Waals surface area contributed by atoms with Crippen LogP contribution < -0.4 is 4.72 Å². The summed E-state index contributed by atoms with van der Waals surface area (Å²) in [5.41, 5.74) is 0. The lowest BCUT2D eigenvalue weighted by Gasteiger charge is -2.28. The first kappa shape index (κ1) is 10.1. The molecule has 0 aromatic rings. The van der Waals surface area contributed by atoms with E-state index in [1.165, 1.54) is 12.8 Å². The molecule has 0 fully saturated rings. The molecule has 1 aliphatic rings. The fourth-order valence-electron chi connectivity index (χ4n) is 1.83. The Labute approximate surface area is 80.1 Å². The minimum absolute atomic E-state index is 0.691. The minimum Gasteiger partial charge on any atom is -0.267 e. The molecule has 0 amide bonds. The molecule has 0 aromatic carbocycles. The van der Waals surface area contributed by atoms with Crippen LogP contribution in [0.3, 0.4) is 0 Å². The predicted octanol–water partition coefficient (Wildman–Crippen LogP) is 2.84. The van der Waals surface area contributed by atoms with Gasteiger partial charge in [-0.05, 0) is 25.3 Å². The van der Waals surface area contributed by atoms with Crippen LogP contribution in [-0.2, 0) is 0 Å². The minimum atomic E-state index is 0.691. The molecule has 3 unspecified atom stereocenters. The van der Waals surface area contributed by atoms with Crippen molar-refractivity contribution in [2.75, 3.05) is 7.05 Å². The molecule has 3 atom stereocenters. The molecule has 1 N–H and O–H groups in total. The number of hydrogen-bond donors (Lipinski definition) is 1. The molecule has 70 valence electrons. The molecule has 0 radical (unpaired) electrons. The standard InChI is InChI=1S/C10H19NS/c1-4-9-7-10(12-11-3)6-5-8(9)2/h5-6,8-11H,4,7H2,1-3H3. The fraction of sp³-hybridized carbons (Fsp3) is 0.800. The Hall–Kier alpha value is 0.0500. The van der Waals surface area contributed by atoms with E-state index in [0.29, 0.717) is 5.25 Å². The summed E-state index contributed by atoms with van der Waals surface area (Å²) in [4.78, 5) is 0. The molecular formula is C10H19NS. The van der Waals surface area contributed by atoms with Crippen molar-refractivity contribution in [3.05, 3.63) is 12.2 Å². The van der Waals surface area contributed by atoms with E-state index in [-0.39, 0.29) is 0 Å². The molecule has 1 aliphatic carbocycles. The van der Waals surface area contributed by atoms with Crippen LogP contribution in [0, 0.1) is 11.8 Å². The van der Waals surface area contributed by atoms with Crippen LogP contribution in [0.1, 0.15) is 26.7 Å². The van der Waals surface area contributed by atoms with Crippen LogP contribution in [0.4, 0.5) is 0 Å². The first-order chi connectivity index (χ1) is 5.77. The van der Waals surface area contributed by atoms with Gasteiger partial charge in [0.05, 0.1) is 0 Å². The Morgan fingerprint density at radius 2 is 2.25 bits per heavy atom. The van der Waals surface area contributed by atoms with Crippen molar-refractivity contribution in [2.45, 2.75) is 31.9 Å². The van der Waals surface area contributed by atoms with Gasteiger partial charge in [-0.3, -0.25) is 4.72 Å². The maximum Gasteiger partial charge on any atom is 0.0375 e. The van der Waals surface area contributed by atoms with Crippen LogP contribution in [0.25, 0.3) is 0 Å². The van der Waals surface area contributed by atoms with Crippen LogP contribution in [-0.4, -0.2) is 12.3 Å². The summed E-state index contributed by atoms with van der Waals surface area (Å²) in [6.07, 6.45) is 7.36.